The van der Waals surface area contributed by atoms with Crippen LogP contribution in [0.1, 0.15) is 0 Å². The van der Waals surface area contributed by atoms with E-state index in [9.17, 15) is 17.6 Å². The summed E-state index contributed by atoms with van der Waals surface area (Å²) in [5.74, 6) is -0.794. The molecule has 0 aliphatic carbocycles. The second kappa shape index (κ2) is 3.74. The van der Waals surface area contributed by atoms with Crippen LogP contribution in [0.25, 0.3) is 0 Å². The van der Waals surface area contributed by atoms with E-state index < -0.39 is 21.4 Å². The number of hydrogen-bond donors (Lipinski definition) is 2. The molecule has 0 bridgehead atoms. The van der Waals surface area contributed by atoms with E-state index in [4.69, 9.17) is 5.73 Å². The van der Waals surface area contributed by atoms with Crippen molar-refractivity contribution < 1.29 is 12.8 Å². The first-order valence-electron chi connectivity index (χ1n) is 4.50. The van der Waals surface area contributed by atoms with Crippen LogP contribution in [-0.2, 0) is 10.0 Å². The van der Waals surface area contributed by atoms with E-state index in [1.165, 1.54) is 0 Å². The molecule has 1 aromatic heterocycles. The summed E-state index contributed by atoms with van der Waals surface area (Å²) in [5.41, 5.74) is 4.74. The van der Waals surface area contributed by atoms with Crippen LogP contribution >= 0.6 is 0 Å². The molecule has 0 saturated heterocycles. The highest BCUT2D eigenvalue weighted by Crippen LogP contribution is 2.15. The van der Waals surface area contributed by atoms with Gasteiger partial charge in [0.1, 0.15) is 11.6 Å². The van der Waals surface area contributed by atoms with Crippen molar-refractivity contribution >= 4 is 15.8 Å². The molecule has 0 aliphatic heterocycles. The second-order valence-corrected chi connectivity index (χ2v) is 5.06. The van der Waals surface area contributed by atoms with Crippen LogP contribution in [0.15, 0.2) is 40.0 Å². The molecule has 0 fully saturated rings. The van der Waals surface area contributed by atoms with Gasteiger partial charge in [-0.3, -0.25) is 4.79 Å². The number of anilines is 1. The molecular weight excluding hydrogens is 249 g/mol. The molecule has 2 rings (SSSR count). The zero-order valence-corrected chi connectivity index (χ0v) is 9.24. The molecule has 0 unspecified atom stereocenters. The monoisotopic (exact) mass is 257 g/mol. The summed E-state index contributed by atoms with van der Waals surface area (Å²) in [6.45, 7) is 0. The zero-order chi connectivity index (χ0) is 12.6. The van der Waals surface area contributed by atoms with Crippen molar-refractivity contribution in [1.82, 2.24) is 9.19 Å². The molecule has 2 aromatic rings. The first kappa shape index (κ1) is 11.4. The van der Waals surface area contributed by atoms with Crippen LogP contribution in [0.5, 0.6) is 0 Å². The lowest BCUT2D eigenvalue weighted by atomic mass is 10.4. The summed E-state index contributed by atoms with van der Waals surface area (Å²) >= 11 is 0. The largest absolute Gasteiger partial charge is 0.383 e. The van der Waals surface area contributed by atoms with Gasteiger partial charge in [0.05, 0.1) is 4.90 Å². The van der Waals surface area contributed by atoms with Crippen molar-refractivity contribution in [3.8, 4) is 0 Å². The van der Waals surface area contributed by atoms with Gasteiger partial charge in [-0.25, -0.2) is 9.49 Å². The molecule has 0 saturated carbocycles. The van der Waals surface area contributed by atoms with Crippen LogP contribution in [-0.4, -0.2) is 17.6 Å². The Hall–Kier alpha value is -2.09. The fourth-order valence-corrected chi connectivity index (χ4v) is 2.53. The number of H-pyrrole nitrogens is 1. The van der Waals surface area contributed by atoms with Crippen molar-refractivity contribution in [2.75, 3.05) is 5.73 Å². The average molecular weight is 257 g/mol. The lowest BCUT2D eigenvalue weighted by Crippen LogP contribution is -2.18. The normalized spacial score (nSPS) is 11.6. The topological polar surface area (TPSA) is 97.9 Å². The van der Waals surface area contributed by atoms with E-state index in [1.54, 1.807) is 0 Å². The molecule has 0 spiro atoms. The second-order valence-electron chi connectivity index (χ2n) is 3.27. The van der Waals surface area contributed by atoms with Crippen LogP contribution < -0.4 is 11.3 Å². The lowest BCUT2D eigenvalue weighted by Gasteiger charge is -2.06. The van der Waals surface area contributed by atoms with Gasteiger partial charge in [0.2, 0.25) is 0 Å². The number of aromatic amines is 1. The van der Waals surface area contributed by atoms with Gasteiger partial charge in [0.25, 0.3) is 15.6 Å². The van der Waals surface area contributed by atoms with Crippen molar-refractivity contribution in [3.63, 3.8) is 0 Å². The standard InChI is InChI=1S/C9H8FN3O3S/c10-6-1-3-7(4-2-6)17(15,16)13-8(11)5-9(14)12-13/h1-5H,11H2,(H,12,14). The maximum atomic E-state index is 12.7. The van der Waals surface area contributed by atoms with Crippen molar-refractivity contribution in [1.29, 1.82) is 0 Å². The summed E-state index contributed by atoms with van der Waals surface area (Å²) < 4.78 is 37.2. The Bertz CT molecular complexity index is 700. The van der Waals surface area contributed by atoms with E-state index in [-0.39, 0.29) is 10.7 Å². The van der Waals surface area contributed by atoms with Gasteiger partial charge in [-0.05, 0) is 24.3 Å². The molecule has 0 amide bonds. The SMILES string of the molecule is Nc1cc(=O)[nH]n1S(=O)(=O)c1ccc(F)cc1. The molecule has 17 heavy (non-hydrogen) atoms. The summed E-state index contributed by atoms with van der Waals surface area (Å²) in [7, 11) is -4.00. The molecule has 0 radical (unpaired) electrons. The predicted molar refractivity (Wildman–Crippen MR) is 58.4 cm³/mol. The van der Waals surface area contributed by atoms with E-state index in [0.29, 0.717) is 4.09 Å². The summed E-state index contributed by atoms with van der Waals surface area (Å²) in [6, 6.07) is 5.13. The number of nitrogens with one attached hydrogen (secondary N) is 1. The number of nitrogen functional groups attached to an aromatic ring is 1. The molecule has 90 valence electrons. The maximum absolute atomic E-state index is 12.7. The number of aromatic nitrogens is 2. The van der Waals surface area contributed by atoms with Crippen molar-refractivity contribution in [2.24, 2.45) is 0 Å². The number of nitrogens with two attached hydrogens (primary N) is 1. The third-order valence-corrected chi connectivity index (χ3v) is 3.73. The quantitative estimate of drug-likeness (QED) is 0.799. The summed E-state index contributed by atoms with van der Waals surface area (Å²) in [6.07, 6.45) is 0. The average Bonchev–Trinajstić information content (AvgIpc) is 2.59. The van der Waals surface area contributed by atoms with E-state index in [0.717, 1.165) is 30.3 Å². The fourth-order valence-electron chi connectivity index (χ4n) is 1.30. The minimum atomic E-state index is -4.00. The van der Waals surface area contributed by atoms with Gasteiger partial charge in [0.15, 0.2) is 0 Å². The molecule has 0 aliphatic rings. The van der Waals surface area contributed by atoms with Crippen molar-refractivity contribution in [3.05, 3.63) is 46.5 Å². The minimum Gasteiger partial charge on any atom is -0.383 e. The van der Waals surface area contributed by atoms with E-state index >= 15 is 0 Å². The van der Waals surface area contributed by atoms with Crippen LogP contribution in [0.3, 0.4) is 0 Å². The van der Waals surface area contributed by atoms with E-state index in [2.05, 4.69) is 5.10 Å². The molecule has 8 heteroatoms. The number of benzene rings is 1. The lowest BCUT2D eigenvalue weighted by molar-refractivity contribution is 0.579. The highest BCUT2D eigenvalue weighted by Gasteiger charge is 2.19. The number of rotatable bonds is 2. The smallest absolute Gasteiger partial charge is 0.283 e. The third-order valence-electron chi connectivity index (χ3n) is 2.08. The van der Waals surface area contributed by atoms with Gasteiger partial charge in [-0.1, -0.05) is 0 Å². The Labute approximate surface area is 95.5 Å². The third kappa shape index (κ3) is 1.94. The summed E-state index contributed by atoms with van der Waals surface area (Å²) in [5, 5.41) is 2.05. The van der Waals surface area contributed by atoms with Crippen LogP contribution in [0, 0.1) is 5.82 Å². The van der Waals surface area contributed by atoms with Crippen LogP contribution in [0.4, 0.5) is 10.2 Å². The first-order valence-corrected chi connectivity index (χ1v) is 5.94. The molecule has 1 heterocycles. The van der Waals surface area contributed by atoms with Gasteiger partial charge < -0.3 is 5.73 Å². The Morgan fingerprint density at radius 2 is 1.82 bits per heavy atom. The Kier molecular flexibility index (Phi) is 2.50. The minimum absolute atomic E-state index is 0.169. The predicted octanol–water partition coefficient (Wildman–Crippen LogP) is 0.135. The molecule has 6 nitrogen and oxygen atoms in total. The van der Waals surface area contributed by atoms with Gasteiger partial charge in [-0.15, -0.1) is 0 Å². The van der Waals surface area contributed by atoms with Crippen molar-refractivity contribution in [2.45, 2.75) is 4.90 Å². The Balaban J connectivity index is 2.61. The highest BCUT2D eigenvalue weighted by molar-refractivity contribution is 7.90. The first-order chi connectivity index (χ1) is 7.91. The zero-order valence-electron chi connectivity index (χ0n) is 8.42. The van der Waals surface area contributed by atoms with Crippen LogP contribution in [0.2, 0.25) is 0 Å². The number of nitrogens with zero attached hydrogens (tertiary/aromatic N) is 1. The molecule has 0 atom stereocenters. The number of halogens is 1. The molecule has 3 N–H and O–H groups in total. The Morgan fingerprint density at radius 1 is 1.24 bits per heavy atom. The fraction of sp³-hybridized carbons (Fsp3) is 0. The Morgan fingerprint density at radius 3 is 2.29 bits per heavy atom. The number of hydrogen-bond acceptors (Lipinski definition) is 4. The highest BCUT2D eigenvalue weighted by atomic mass is 32.2. The molecule has 1 aromatic carbocycles. The van der Waals surface area contributed by atoms with Gasteiger partial charge in [0, 0.05) is 6.07 Å². The van der Waals surface area contributed by atoms with Gasteiger partial charge in [-0.2, -0.15) is 12.5 Å². The summed E-state index contributed by atoms with van der Waals surface area (Å²) in [4.78, 5) is 10.8. The van der Waals surface area contributed by atoms with Gasteiger partial charge >= 0.3 is 0 Å². The maximum Gasteiger partial charge on any atom is 0.283 e. The molecular formula is C9H8FN3O3S. The van der Waals surface area contributed by atoms with E-state index in [1.807, 2.05) is 0 Å².